The van der Waals surface area contributed by atoms with E-state index >= 15 is 0 Å². The van der Waals surface area contributed by atoms with Crippen molar-refractivity contribution in [1.29, 1.82) is 0 Å². The van der Waals surface area contributed by atoms with E-state index in [9.17, 15) is 0 Å². The quantitative estimate of drug-likeness (QED) is 0.774. The highest BCUT2D eigenvalue weighted by Crippen LogP contribution is 2.48. The third-order valence-corrected chi connectivity index (χ3v) is 3.70. The maximum Gasteiger partial charge on any atom is 0.0101 e. The molecule has 2 N–H and O–H groups in total. The van der Waals surface area contributed by atoms with E-state index in [2.05, 4.69) is 37.3 Å². The first-order valence-corrected chi connectivity index (χ1v) is 5.59. The zero-order valence-corrected chi connectivity index (χ0v) is 8.87. The van der Waals surface area contributed by atoms with E-state index in [1.54, 1.807) is 0 Å². The summed E-state index contributed by atoms with van der Waals surface area (Å²) >= 11 is 0. The van der Waals surface area contributed by atoms with Crippen LogP contribution in [0.1, 0.15) is 31.7 Å². The number of nitrogens with two attached hydrogens (primary N) is 1. The number of hydrogen-bond acceptors (Lipinski definition) is 1. The summed E-state index contributed by atoms with van der Waals surface area (Å²) in [6.07, 6.45) is 3.89. The Kier molecular flexibility index (Phi) is 2.60. The van der Waals surface area contributed by atoms with Crippen molar-refractivity contribution in [3.8, 4) is 0 Å². The van der Waals surface area contributed by atoms with Crippen molar-refractivity contribution < 1.29 is 0 Å². The highest BCUT2D eigenvalue weighted by Gasteiger charge is 2.43. The van der Waals surface area contributed by atoms with Crippen molar-refractivity contribution in [3.63, 3.8) is 0 Å². The smallest absolute Gasteiger partial charge is 0.0101 e. The summed E-state index contributed by atoms with van der Waals surface area (Å²) in [5, 5.41) is 0. The second-order valence-electron chi connectivity index (χ2n) is 4.35. The molecule has 1 aromatic rings. The van der Waals surface area contributed by atoms with Gasteiger partial charge in [0.2, 0.25) is 0 Å². The normalized spacial score (nSPS) is 20.4. The summed E-state index contributed by atoms with van der Waals surface area (Å²) in [6, 6.07) is 10.8. The predicted octanol–water partition coefficient (Wildman–Crippen LogP) is 2.70. The molecule has 76 valence electrons. The second-order valence-corrected chi connectivity index (χ2v) is 4.35. The maximum atomic E-state index is 5.99. The molecule has 2 rings (SSSR count). The van der Waals surface area contributed by atoms with Crippen LogP contribution in [0.25, 0.3) is 0 Å². The van der Waals surface area contributed by atoms with Gasteiger partial charge in [-0.15, -0.1) is 0 Å². The molecule has 0 heterocycles. The van der Waals surface area contributed by atoms with Crippen molar-refractivity contribution in [2.75, 3.05) is 6.54 Å². The molecule has 1 atom stereocenters. The van der Waals surface area contributed by atoms with E-state index in [1.165, 1.54) is 18.4 Å². The Morgan fingerprint density at radius 3 is 2.36 bits per heavy atom. The topological polar surface area (TPSA) is 26.0 Å². The van der Waals surface area contributed by atoms with Crippen LogP contribution >= 0.6 is 0 Å². The van der Waals surface area contributed by atoms with E-state index in [0.29, 0.717) is 0 Å². The Morgan fingerprint density at radius 1 is 1.29 bits per heavy atom. The molecule has 0 saturated heterocycles. The van der Waals surface area contributed by atoms with Gasteiger partial charge in [0.05, 0.1) is 0 Å². The molecule has 1 nitrogen and oxygen atoms in total. The minimum Gasteiger partial charge on any atom is -0.330 e. The molecule has 1 aliphatic carbocycles. The van der Waals surface area contributed by atoms with Crippen LogP contribution in [-0.2, 0) is 5.41 Å². The lowest BCUT2D eigenvalue weighted by Gasteiger charge is -2.32. The summed E-state index contributed by atoms with van der Waals surface area (Å²) in [5.41, 5.74) is 7.69. The van der Waals surface area contributed by atoms with Gasteiger partial charge in [-0.05, 0) is 30.7 Å². The molecule has 0 bridgehead atoms. The summed E-state index contributed by atoms with van der Waals surface area (Å²) in [4.78, 5) is 0. The van der Waals surface area contributed by atoms with E-state index in [1.807, 2.05) is 0 Å². The zero-order chi connectivity index (χ0) is 10.0. The van der Waals surface area contributed by atoms with Crippen LogP contribution in [0.5, 0.6) is 0 Å². The molecule has 0 radical (unpaired) electrons. The summed E-state index contributed by atoms with van der Waals surface area (Å²) < 4.78 is 0. The Balaban J connectivity index is 2.34. The van der Waals surface area contributed by atoms with Crippen LogP contribution in [0.2, 0.25) is 0 Å². The lowest BCUT2D eigenvalue weighted by atomic mass is 9.74. The average molecular weight is 189 g/mol. The minimum absolute atomic E-state index is 0.265. The predicted molar refractivity (Wildman–Crippen MR) is 60.2 cm³/mol. The third kappa shape index (κ3) is 1.46. The molecule has 0 amide bonds. The Bertz CT molecular complexity index is 283. The molecule has 1 heteroatoms. The standard InChI is InChI=1S/C13H19N/c1-2-13(10-14,12-8-9-12)11-6-4-3-5-7-11/h3-7,12H,2,8-10,14H2,1H3. The van der Waals surface area contributed by atoms with E-state index in [-0.39, 0.29) is 5.41 Å². The van der Waals surface area contributed by atoms with Gasteiger partial charge in [-0.3, -0.25) is 0 Å². The molecule has 1 unspecified atom stereocenters. The van der Waals surface area contributed by atoms with Crippen LogP contribution in [0, 0.1) is 5.92 Å². The average Bonchev–Trinajstić information content (AvgIpc) is 3.07. The molecule has 0 aliphatic heterocycles. The molecule has 1 aliphatic rings. The van der Waals surface area contributed by atoms with Gasteiger partial charge in [0.25, 0.3) is 0 Å². The highest BCUT2D eigenvalue weighted by molar-refractivity contribution is 5.28. The fourth-order valence-electron chi connectivity index (χ4n) is 2.56. The maximum absolute atomic E-state index is 5.99. The van der Waals surface area contributed by atoms with Gasteiger partial charge in [0.1, 0.15) is 0 Å². The minimum atomic E-state index is 0.265. The van der Waals surface area contributed by atoms with Gasteiger partial charge in [-0.1, -0.05) is 37.3 Å². The van der Waals surface area contributed by atoms with Crippen LogP contribution in [0.3, 0.4) is 0 Å². The molecular formula is C13H19N. The summed E-state index contributed by atoms with van der Waals surface area (Å²) in [5.74, 6) is 0.833. The summed E-state index contributed by atoms with van der Waals surface area (Å²) in [7, 11) is 0. The van der Waals surface area contributed by atoms with Crippen LogP contribution in [0.4, 0.5) is 0 Å². The largest absolute Gasteiger partial charge is 0.330 e. The third-order valence-electron chi connectivity index (χ3n) is 3.70. The molecule has 0 aromatic heterocycles. The van der Waals surface area contributed by atoms with Crippen molar-refractivity contribution in [2.45, 2.75) is 31.6 Å². The number of benzene rings is 1. The Labute approximate surface area is 86.3 Å². The fourth-order valence-corrected chi connectivity index (χ4v) is 2.56. The van der Waals surface area contributed by atoms with Gasteiger partial charge in [0, 0.05) is 12.0 Å². The first-order valence-electron chi connectivity index (χ1n) is 5.59. The van der Waals surface area contributed by atoms with Gasteiger partial charge < -0.3 is 5.73 Å². The Morgan fingerprint density at radius 2 is 1.93 bits per heavy atom. The molecule has 1 fully saturated rings. The van der Waals surface area contributed by atoms with Crippen molar-refractivity contribution in [1.82, 2.24) is 0 Å². The van der Waals surface area contributed by atoms with Crippen LogP contribution in [-0.4, -0.2) is 6.54 Å². The number of hydrogen-bond donors (Lipinski definition) is 1. The van der Waals surface area contributed by atoms with Gasteiger partial charge in [-0.25, -0.2) is 0 Å². The van der Waals surface area contributed by atoms with E-state index in [4.69, 9.17) is 5.73 Å². The molecule has 0 spiro atoms. The van der Waals surface area contributed by atoms with Crippen LogP contribution < -0.4 is 5.73 Å². The first-order chi connectivity index (χ1) is 6.83. The monoisotopic (exact) mass is 189 g/mol. The Hall–Kier alpha value is -0.820. The lowest BCUT2D eigenvalue weighted by Crippen LogP contribution is -2.36. The summed E-state index contributed by atoms with van der Waals surface area (Å²) in [6.45, 7) is 3.05. The fraction of sp³-hybridized carbons (Fsp3) is 0.538. The van der Waals surface area contributed by atoms with Crippen molar-refractivity contribution in [2.24, 2.45) is 11.7 Å². The van der Waals surface area contributed by atoms with Crippen LogP contribution in [0.15, 0.2) is 30.3 Å². The molecule has 1 saturated carbocycles. The molecule has 14 heavy (non-hydrogen) atoms. The zero-order valence-electron chi connectivity index (χ0n) is 8.87. The highest BCUT2D eigenvalue weighted by atomic mass is 14.6. The first kappa shape index (κ1) is 9.72. The second kappa shape index (κ2) is 3.74. The van der Waals surface area contributed by atoms with Gasteiger partial charge in [0.15, 0.2) is 0 Å². The lowest BCUT2D eigenvalue weighted by molar-refractivity contribution is 0.366. The van der Waals surface area contributed by atoms with Gasteiger partial charge in [-0.2, -0.15) is 0 Å². The van der Waals surface area contributed by atoms with E-state index < -0.39 is 0 Å². The van der Waals surface area contributed by atoms with E-state index in [0.717, 1.165) is 18.9 Å². The number of rotatable bonds is 4. The SMILES string of the molecule is CCC(CN)(c1ccccc1)C1CC1. The molecule has 1 aromatic carbocycles. The van der Waals surface area contributed by atoms with Gasteiger partial charge >= 0.3 is 0 Å². The van der Waals surface area contributed by atoms with Crippen molar-refractivity contribution in [3.05, 3.63) is 35.9 Å². The molecular weight excluding hydrogens is 170 g/mol. The van der Waals surface area contributed by atoms with Crippen molar-refractivity contribution >= 4 is 0 Å².